The van der Waals surface area contributed by atoms with Gasteiger partial charge in [-0.15, -0.1) is 5.10 Å². The quantitative estimate of drug-likeness (QED) is 0.776. The summed E-state index contributed by atoms with van der Waals surface area (Å²) in [5.74, 6) is 0.0481. The van der Waals surface area contributed by atoms with Crippen molar-refractivity contribution < 1.29 is 18.0 Å². The molecule has 0 radical (unpaired) electrons. The van der Waals surface area contributed by atoms with Gasteiger partial charge in [-0.2, -0.15) is 4.31 Å². The standard InChI is InChI=1S/C17H25N5O4S/c1-12(2)18-17(23)11-26-22-16-9-14(6-7-15(16)19-20-22)27(24,25)21-8-4-5-13(3)10-21/h6-7,9,12-13H,4-5,8,10-11H2,1-3H3,(H,18,23)/t13-/m0/s1. The van der Waals surface area contributed by atoms with E-state index in [0.717, 1.165) is 17.7 Å². The van der Waals surface area contributed by atoms with Gasteiger partial charge in [0.2, 0.25) is 10.0 Å². The normalized spacial score (nSPS) is 18.7. The Kier molecular flexibility index (Phi) is 5.66. The molecule has 1 aromatic heterocycles. The zero-order valence-electron chi connectivity index (χ0n) is 15.8. The van der Waals surface area contributed by atoms with Crippen LogP contribution in [0.25, 0.3) is 11.0 Å². The Morgan fingerprint density at radius 1 is 1.41 bits per heavy atom. The van der Waals surface area contributed by atoms with E-state index in [1.54, 1.807) is 6.07 Å². The summed E-state index contributed by atoms with van der Waals surface area (Å²) in [5, 5.41) is 10.5. The zero-order valence-corrected chi connectivity index (χ0v) is 16.6. The maximum absolute atomic E-state index is 13.0. The van der Waals surface area contributed by atoms with E-state index < -0.39 is 10.0 Å². The molecule has 1 aromatic carbocycles. The van der Waals surface area contributed by atoms with Crippen molar-refractivity contribution in [3.63, 3.8) is 0 Å². The Morgan fingerprint density at radius 3 is 2.89 bits per heavy atom. The molecule has 0 spiro atoms. The zero-order chi connectivity index (χ0) is 19.6. The summed E-state index contributed by atoms with van der Waals surface area (Å²) in [7, 11) is -3.60. The molecule has 1 atom stereocenters. The van der Waals surface area contributed by atoms with E-state index in [4.69, 9.17) is 4.84 Å². The fourth-order valence-electron chi connectivity index (χ4n) is 3.13. The van der Waals surface area contributed by atoms with Crippen molar-refractivity contribution in [2.75, 3.05) is 19.7 Å². The van der Waals surface area contributed by atoms with E-state index >= 15 is 0 Å². The van der Waals surface area contributed by atoms with Crippen molar-refractivity contribution in [1.82, 2.24) is 24.8 Å². The van der Waals surface area contributed by atoms with Gasteiger partial charge in [-0.05, 0) is 56.0 Å². The fraction of sp³-hybridized carbons (Fsp3) is 0.588. The van der Waals surface area contributed by atoms with E-state index in [9.17, 15) is 13.2 Å². The summed E-state index contributed by atoms with van der Waals surface area (Å²) in [4.78, 5) is 18.4. The Labute approximate surface area is 158 Å². The maximum Gasteiger partial charge on any atom is 0.260 e. The number of piperidine rings is 1. The summed E-state index contributed by atoms with van der Waals surface area (Å²) in [5.41, 5.74) is 0.892. The fourth-order valence-corrected chi connectivity index (χ4v) is 4.75. The first-order valence-corrected chi connectivity index (χ1v) is 10.5. The number of carbonyl (C=O) groups is 1. The van der Waals surface area contributed by atoms with Crippen LogP contribution in [0, 0.1) is 5.92 Å². The number of nitrogens with one attached hydrogen (secondary N) is 1. The van der Waals surface area contributed by atoms with Crippen LogP contribution < -0.4 is 10.2 Å². The molecule has 1 amide bonds. The summed E-state index contributed by atoms with van der Waals surface area (Å²) in [6.07, 6.45) is 1.89. The molecule has 0 bridgehead atoms. The van der Waals surface area contributed by atoms with Gasteiger partial charge in [0.15, 0.2) is 6.61 Å². The van der Waals surface area contributed by atoms with E-state index in [1.165, 1.54) is 16.4 Å². The largest absolute Gasteiger partial charge is 0.385 e. The summed E-state index contributed by atoms with van der Waals surface area (Å²) < 4.78 is 27.5. The first-order chi connectivity index (χ1) is 12.8. The molecule has 2 heterocycles. The summed E-state index contributed by atoms with van der Waals surface area (Å²) in [6, 6.07) is 4.61. The van der Waals surface area contributed by atoms with Crippen LogP contribution in [0.2, 0.25) is 0 Å². The highest BCUT2D eigenvalue weighted by molar-refractivity contribution is 7.89. The van der Waals surface area contributed by atoms with Crippen LogP contribution in [0.5, 0.6) is 0 Å². The molecule has 0 saturated carbocycles. The predicted molar refractivity (Wildman–Crippen MR) is 99.4 cm³/mol. The number of hydrogen-bond donors (Lipinski definition) is 1. The third kappa shape index (κ3) is 4.38. The van der Waals surface area contributed by atoms with Crippen molar-refractivity contribution >= 4 is 27.0 Å². The van der Waals surface area contributed by atoms with E-state index in [1.807, 2.05) is 13.8 Å². The molecule has 1 aliphatic rings. The number of sulfonamides is 1. The van der Waals surface area contributed by atoms with E-state index in [2.05, 4.69) is 22.6 Å². The Morgan fingerprint density at radius 2 is 2.19 bits per heavy atom. The number of hydrogen-bond acceptors (Lipinski definition) is 6. The molecule has 148 valence electrons. The molecule has 1 saturated heterocycles. The number of benzene rings is 1. The van der Waals surface area contributed by atoms with Crippen LogP contribution >= 0.6 is 0 Å². The third-order valence-electron chi connectivity index (χ3n) is 4.41. The van der Waals surface area contributed by atoms with Crippen LogP contribution in [0.1, 0.15) is 33.6 Å². The molecule has 27 heavy (non-hydrogen) atoms. The average Bonchev–Trinajstić information content (AvgIpc) is 3.01. The minimum absolute atomic E-state index is 0.00253. The molecule has 1 N–H and O–H groups in total. The molecule has 1 fully saturated rings. The second-order valence-corrected chi connectivity index (χ2v) is 9.16. The second kappa shape index (κ2) is 7.81. The van der Waals surface area contributed by atoms with Crippen LogP contribution in [0.15, 0.2) is 23.1 Å². The number of fused-ring (bicyclic) bond motifs is 1. The lowest BCUT2D eigenvalue weighted by Crippen LogP contribution is -2.39. The molecule has 3 rings (SSSR count). The van der Waals surface area contributed by atoms with Gasteiger partial charge >= 0.3 is 0 Å². The van der Waals surface area contributed by atoms with Crippen molar-refractivity contribution in [2.24, 2.45) is 5.92 Å². The number of aromatic nitrogens is 3. The molecule has 1 aliphatic heterocycles. The average molecular weight is 395 g/mol. The van der Waals surface area contributed by atoms with E-state index in [0.29, 0.717) is 30.0 Å². The Balaban J connectivity index is 1.83. The van der Waals surface area contributed by atoms with Crippen molar-refractivity contribution in [2.45, 2.75) is 44.6 Å². The number of carbonyl (C=O) groups excluding carboxylic acids is 1. The second-order valence-electron chi connectivity index (χ2n) is 7.22. The number of amides is 1. The van der Waals surface area contributed by atoms with Gasteiger partial charge in [-0.1, -0.05) is 11.8 Å². The first-order valence-electron chi connectivity index (χ1n) is 9.05. The monoisotopic (exact) mass is 395 g/mol. The van der Waals surface area contributed by atoms with Crippen LogP contribution in [0.4, 0.5) is 0 Å². The molecule has 0 aliphatic carbocycles. The Bertz CT molecular complexity index is 925. The van der Waals surface area contributed by atoms with Gasteiger partial charge in [-0.25, -0.2) is 8.42 Å². The first kappa shape index (κ1) is 19.6. The molecule has 0 unspecified atom stereocenters. The minimum atomic E-state index is -3.60. The molecular formula is C17H25N5O4S. The van der Waals surface area contributed by atoms with Gasteiger partial charge in [0.1, 0.15) is 11.0 Å². The lowest BCUT2D eigenvalue weighted by Gasteiger charge is -2.30. The highest BCUT2D eigenvalue weighted by Crippen LogP contribution is 2.25. The summed E-state index contributed by atoms with van der Waals surface area (Å²) in [6.45, 7) is 6.55. The van der Waals surface area contributed by atoms with Crippen LogP contribution in [-0.4, -0.2) is 59.5 Å². The number of nitrogens with zero attached hydrogens (tertiary/aromatic N) is 4. The lowest BCUT2D eigenvalue weighted by molar-refractivity contribution is -0.126. The van der Waals surface area contributed by atoms with Gasteiger partial charge < -0.3 is 10.2 Å². The van der Waals surface area contributed by atoms with Crippen molar-refractivity contribution in [1.29, 1.82) is 0 Å². The molecular weight excluding hydrogens is 370 g/mol. The van der Waals surface area contributed by atoms with E-state index in [-0.39, 0.29) is 23.5 Å². The third-order valence-corrected chi connectivity index (χ3v) is 6.27. The molecule has 9 nitrogen and oxygen atoms in total. The highest BCUT2D eigenvalue weighted by Gasteiger charge is 2.29. The minimum Gasteiger partial charge on any atom is -0.385 e. The van der Waals surface area contributed by atoms with Gasteiger partial charge in [0.05, 0.1) is 4.90 Å². The highest BCUT2D eigenvalue weighted by atomic mass is 32.2. The SMILES string of the molecule is CC(C)NC(=O)COn1nnc2ccc(S(=O)(=O)N3CCC[C@H](C)C3)cc21. The maximum atomic E-state index is 13.0. The Hall–Kier alpha value is -2.20. The van der Waals surface area contributed by atoms with Crippen LogP contribution in [-0.2, 0) is 14.8 Å². The smallest absolute Gasteiger partial charge is 0.260 e. The molecule has 10 heteroatoms. The van der Waals surface area contributed by atoms with Gasteiger partial charge in [0, 0.05) is 19.1 Å². The topological polar surface area (TPSA) is 106 Å². The van der Waals surface area contributed by atoms with Gasteiger partial charge in [-0.3, -0.25) is 4.79 Å². The van der Waals surface area contributed by atoms with Crippen molar-refractivity contribution in [3.8, 4) is 0 Å². The predicted octanol–water partition coefficient (Wildman–Crippen LogP) is 0.805. The molecule has 2 aromatic rings. The van der Waals surface area contributed by atoms with Gasteiger partial charge in [0.25, 0.3) is 5.91 Å². The number of rotatable bonds is 6. The van der Waals surface area contributed by atoms with Crippen LogP contribution in [0.3, 0.4) is 0 Å². The van der Waals surface area contributed by atoms with Crippen molar-refractivity contribution in [3.05, 3.63) is 18.2 Å². The lowest BCUT2D eigenvalue weighted by atomic mass is 10.0. The summed E-state index contributed by atoms with van der Waals surface area (Å²) >= 11 is 0.